The number of fused-ring (bicyclic) bond motifs is 4. The van der Waals surface area contributed by atoms with Gasteiger partial charge in [0.05, 0.1) is 0 Å². The van der Waals surface area contributed by atoms with E-state index in [-0.39, 0.29) is 5.63 Å². The van der Waals surface area contributed by atoms with E-state index in [1.54, 1.807) is 0 Å². The summed E-state index contributed by atoms with van der Waals surface area (Å²) in [5.74, 6) is 0.872. The van der Waals surface area contributed by atoms with Crippen LogP contribution in [0.1, 0.15) is 47.6 Å². The summed E-state index contributed by atoms with van der Waals surface area (Å²) < 4.78 is 11.9. The van der Waals surface area contributed by atoms with Gasteiger partial charge in [0.2, 0.25) is 0 Å². The predicted octanol–water partition coefficient (Wildman–Crippen LogP) is 4.90. The van der Waals surface area contributed by atoms with Gasteiger partial charge in [-0.3, -0.25) is 0 Å². The Labute approximate surface area is 164 Å². The first-order valence-corrected chi connectivity index (χ1v) is 10.2. The molecular formula is C24H25NO3. The Kier molecular flexibility index (Phi) is 4.15. The zero-order chi connectivity index (χ0) is 19.3. The number of anilines is 1. The lowest BCUT2D eigenvalue weighted by Gasteiger charge is -2.33. The van der Waals surface area contributed by atoms with Crippen LogP contribution in [0, 0.1) is 6.92 Å². The molecule has 0 atom stereocenters. The summed E-state index contributed by atoms with van der Waals surface area (Å²) in [6, 6.07) is 10.7. The summed E-state index contributed by atoms with van der Waals surface area (Å²) in [7, 11) is 0. The molecule has 4 heteroatoms. The molecule has 1 aromatic heterocycles. The second-order valence-electron chi connectivity index (χ2n) is 7.87. The van der Waals surface area contributed by atoms with Crippen LogP contribution in [0.5, 0.6) is 5.75 Å². The van der Waals surface area contributed by atoms with Crippen LogP contribution in [0.2, 0.25) is 0 Å². The molecule has 0 saturated carbocycles. The zero-order valence-corrected chi connectivity index (χ0v) is 16.5. The summed E-state index contributed by atoms with van der Waals surface area (Å²) in [5, 5.41) is 1.10. The van der Waals surface area contributed by atoms with Crippen LogP contribution in [0.25, 0.3) is 11.0 Å². The second kappa shape index (κ2) is 6.69. The first-order chi connectivity index (χ1) is 13.7. The number of nitrogens with zero attached hydrogens (tertiary/aromatic N) is 1. The van der Waals surface area contributed by atoms with E-state index in [1.165, 1.54) is 22.4 Å². The number of rotatable bonds is 2. The quantitative estimate of drug-likeness (QED) is 0.598. The van der Waals surface area contributed by atoms with Crippen molar-refractivity contribution in [3.63, 3.8) is 0 Å². The largest absolute Gasteiger partial charge is 0.472 e. The average molecular weight is 375 g/mol. The smallest absolute Gasteiger partial charge is 0.339 e. The van der Waals surface area contributed by atoms with Crippen LogP contribution in [0.4, 0.5) is 5.69 Å². The molecule has 0 radical (unpaired) electrons. The van der Waals surface area contributed by atoms with Gasteiger partial charge in [0.1, 0.15) is 11.3 Å². The molecule has 5 rings (SSSR count). The second-order valence-corrected chi connectivity index (χ2v) is 7.87. The fourth-order valence-corrected chi connectivity index (χ4v) is 4.77. The minimum absolute atomic E-state index is 0.167. The van der Waals surface area contributed by atoms with Crippen LogP contribution >= 0.6 is 0 Å². The molecule has 0 unspecified atom stereocenters. The fraction of sp³-hybridized carbons (Fsp3) is 0.375. The Balaban J connectivity index is 1.65. The van der Waals surface area contributed by atoms with Crippen LogP contribution in [0.3, 0.4) is 0 Å². The van der Waals surface area contributed by atoms with Crippen molar-refractivity contribution >= 4 is 16.7 Å². The fourth-order valence-electron chi connectivity index (χ4n) is 4.77. The lowest BCUT2D eigenvalue weighted by Crippen LogP contribution is -2.33. The molecule has 0 spiro atoms. The van der Waals surface area contributed by atoms with Gasteiger partial charge in [0.15, 0.2) is 6.73 Å². The lowest BCUT2D eigenvalue weighted by molar-refractivity contribution is 0.287. The van der Waals surface area contributed by atoms with Crippen LogP contribution < -0.4 is 15.3 Å². The van der Waals surface area contributed by atoms with Crippen LogP contribution in [0.15, 0.2) is 39.5 Å². The topological polar surface area (TPSA) is 42.7 Å². The first-order valence-electron chi connectivity index (χ1n) is 10.2. The number of aryl methyl sites for hydroxylation is 3. The summed E-state index contributed by atoms with van der Waals surface area (Å²) in [4.78, 5) is 14.8. The van der Waals surface area contributed by atoms with E-state index in [4.69, 9.17) is 9.15 Å². The molecule has 0 fully saturated rings. The number of benzene rings is 2. The molecule has 1 aliphatic heterocycles. The van der Waals surface area contributed by atoms with Crippen molar-refractivity contribution in [1.82, 2.24) is 0 Å². The van der Waals surface area contributed by atoms with E-state index in [9.17, 15) is 4.79 Å². The van der Waals surface area contributed by atoms with Gasteiger partial charge in [-0.25, -0.2) is 4.79 Å². The third-order valence-corrected chi connectivity index (χ3v) is 6.21. The molecule has 0 bridgehead atoms. The Morgan fingerprint density at radius 3 is 2.71 bits per heavy atom. The maximum absolute atomic E-state index is 12.5. The zero-order valence-electron chi connectivity index (χ0n) is 16.5. The third kappa shape index (κ3) is 2.62. The van der Waals surface area contributed by atoms with Crippen molar-refractivity contribution in [1.29, 1.82) is 0 Å². The van der Waals surface area contributed by atoms with Gasteiger partial charge in [-0.15, -0.1) is 0 Å². The lowest BCUT2D eigenvalue weighted by atomic mass is 9.89. The molecule has 144 valence electrons. The minimum atomic E-state index is -0.167. The molecule has 3 aromatic rings. The van der Waals surface area contributed by atoms with Gasteiger partial charge < -0.3 is 14.1 Å². The van der Waals surface area contributed by atoms with E-state index in [2.05, 4.69) is 42.2 Å². The summed E-state index contributed by atoms with van der Waals surface area (Å²) in [5.41, 5.74) is 7.28. The molecule has 0 amide bonds. The maximum atomic E-state index is 12.5. The van der Waals surface area contributed by atoms with Gasteiger partial charge in [-0.05, 0) is 62.3 Å². The Morgan fingerprint density at radius 2 is 1.89 bits per heavy atom. The standard InChI is InChI=1S/C24H25NO3/c1-3-16-8-4-7-11-21(16)25-13-17-12-20-18-9-5-6-10-19(18)24(26)28-23(20)15(2)22(17)27-14-25/h4,7-8,11-12H,3,5-6,9-10,13-14H2,1-2H3. The van der Waals surface area contributed by atoms with Crippen molar-refractivity contribution in [2.75, 3.05) is 11.6 Å². The minimum Gasteiger partial charge on any atom is -0.472 e. The third-order valence-electron chi connectivity index (χ3n) is 6.21. The Morgan fingerprint density at radius 1 is 1.11 bits per heavy atom. The van der Waals surface area contributed by atoms with Crippen molar-refractivity contribution in [3.8, 4) is 5.75 Å². The number of hydrogen-bond acceptors (Lipinski definition) is 4. The molecule has 2 heterocycles. The molecule has 4 nitrogen and oxygen atoms in total. The highest BCUT2D eigenvalue weighted by Gasteiger charge is 2.26. The molecular weight excluding hydrogens is 350 g/mol. The Bertz CT molecular complexity index is 1130. The summed E-state index contributed by atoms with van der Waals surface area (Å²) in [6.07, 6.45) is 4.98. The van der Waals surface area contributed by atoms with E-state index >= 15 is 0 Å². The summed E-state index contributed by atoms with van der Waals surface area (Å²) >= 11 is 0. The highest BCUT2D eigenvalue weighted by atomic mass is 16.5. The molecule has 0 N–H and O–H groups in total. The maximum Gasteiger partial charge on any atom is 0.339 e. The average Bonchev–Trinajstić information content (AvgIpc) is 2.74. The van der Waals surface area contributed by atoms with Gasteiger partial charge in [0, 0.05) is 34.3 Å². The van der Waals surface area contributed by atoms with Crippen molar-refractivity contribution in [3.05, 3.63) is 68.6 Å². The van der Waals surface area contributed by atoms with Crippen molar-refractivity contribution in [2.45, 2.75) is 52.5 Å². The highest BCUT2D eigenvalue weighted by Crippen LogP contribution is 2.39. The number of para-hydroxylation sites is 1. The van der Waals surface area contributed by atoms with Gasteiger partial charge in [0.25, 0.3) is 0 Å². The molecule has 28 heavy (non-hydrogen) atoms. The van der Waals surface area contributed by atoms with Gasteiger partial charge >= 0.3 is 5.63 Å². The van der Waals surface area contributed by atoms with E-state index < -0.39 is 0 Å². The van der Waals surface area contributed by atoms with E-state index in [0.717, 1.165) is 60.9 Å². The molecule has 0 saturated heterocycles. The normalized spacial score (nSPS) is 15.9. The highest BCUT2D eigenvalue weighted by molar-refractivity contribution is 5.87. The molecule has 2 aliphatic rings. The Hall–Kier alpha value is -2.75. The van der Waals surface area contributed by atoms with Crippen LogP contribution in [-0.4, -0.2) is 6.73 Å². The number of ether oxygens (including phenoxy) is 1. The molecule has 1 aliphatic carbocycles. The van der Waals surface area contributed by atoms with Gasteiger partial charge in [-0.1, -0.05) is 25.1 Å². The van der Waals surface area contributed by atoms with Crippen molar-refractivity contribution < 1.29 is 9.15 Å². The SMILES string of the molecule is CCc1ccccc1N1COc2c(cc3c4c(c(=O)oc3c2C)CCCC4)C1. The van der Waals surface area contributed by atoms with Crippen molar-refractivity contribution in [2.24, 2.45) is 0 Å². The van der Waals surface area contributed by atoms with Crippen LogP contribution in [-0.2, 0) is 25.8 Å². The molecule has 2 aromatic carbocycles. The monoisotopic (exact) mass is 375 g/mol. The van der Waals surface area contributed by atoms with Gasteiger partial charge in [-0.2, -0.15) is 0 Å². The number of hydrogen-bond donors (Lipinski definition) is 0. The predicted molar refractivity (Wildman–Crippen MR) is 111 cm³/mol. The summed E-state index contributed by atoms with van der Waals surface area (Å²) in [6.45, 7) is 5.50. The van der Waals surface area contributed by atoms with E-state index in [1.807, 2.05) is 6.92 Å². The van der Waals surface area contributed by atoms with E-state index in [0.29, 0.717) is 12.3 Å². The first kappa shape index (κ1) is 17.4.